The maximum atomic E-state index is 5.24. The number of aromatic nitrogens is 3. The van der Waals surface area contributed by atoms with Crippen molar-refractivity contribution in [3.63, 3.8) is 0 Å². The predicted octanol–water partition coefficient (Wildman–Crippen LogP) is 2.84. The molecule has 2 aromatic carbocycles. The SMILES string of the molecule is COc1ccc(CN=C(NCc2nnc(C)n2C)N2CCc3ccccc32)cc1. The van der Waals surface area contributed by atoms with E-state index in [0.717, 1.165) is 41.9 Å². The summed E-state index contributed by atoms with van der Waals surface area (Å²) in [7, 11) is 3.65. The molecule has 0 saturated heterocycles. The van der Waals surface area contributed by atoms with Gasteiger partial charge >= 0.3 is 0 Å². The van der Waals surface area contributed by atoms with E-state index < -0.39 is 0 Å². The van der Waals surface area contributed by atoms with Crippen LogP contribution in [0.15, 0.2) is 53.5 Å². The van der Waals surface area contributed by atoms with Crippen LogP contribution in [-0.4, -0.2) is 34.4 Å². The molecule has 0 aliphatic carbocycles. The predicted molar refractivity (Wildman–Crippen MR) is 114 cm³/mol. The van der Waals surface area contributed by atoms with Crippen LogP contribution in [0.4, 0.5) is 5.69 Å². The summed E-state index contributed by atoms with van der Waals surface area (Å²) in [5, 5.41) is 11.9. The second kappa shape index (κ2) is 8.34. The van der Waals surface area contributed by atoms with Gasteiger partial charge in [0.2, 0.25) is 0 Å². The first kappa shape index (κ1) is 19.0. The number of benzene rings is 2. The van der Waals surface area contributed by atoms with E-state index in [1.807, 2.05) is 42.8 Å². The van der Waals surface area contributed by atoms with Crippen LogP contribution in [0, 0.1) is 6.92 Å². The van der Waals surface area contributed by atoms with Gasteiger partial charge in [0.15, 0.2) is 11.8 Å². The van der Waals surface area contributed by atoms with Crippen LogP contribution < -0.4 is 15.0 Å². The number of hydrogen-bond donors (Lipinski definition) is 1. The number of ether oxygens (including phenoxy) is 1. The number of nitrogens with one attached hydrogen (secondary N) is 1. The molecule has 2 heterocycles. The lowest BCUT2D eigenvalue weighted by Crippen LogP contribution is -2.40. The molecule has 0 bridgehead atoms. The van der Waals surface area contributed by atoms with Gasteiger partial charge in [0.1, 0.15) is 11.6 Å². The molecule has 1 aliphatic heterocycles. The van der Waals surface area contributed by atoms with Crippen molar-refractivity contribution in [3.05, 3.63) is 71.3 Å². The normalized spacial score (nSPS) is 13.5. The molecule has 0 amide bonds. The minimum Gasteiger partial charge on any atom is -0.497 e. The summed E-state index contributed by atoms with van der Waals surface area (Å²) < 4.78 is 7.24. The van der Waals surface area contributed by atoms with Crippen molar-refractivity contribution < 1.29 is 4.74 Å². The van der Waals surface area contributed by atoms with E-state index in [1.54, 1.807) is 7.11 Å². The zero-order valence-electron chi connectivity index (χ0n) is 17.1. The van der Waals surface area contributed by atoms with Crippen molar-refractivity contribution in [3.8, 4) is 5.75 Å². The highest BCUT2D eigenvalue weighted by Gasteiger charge is 2.23. The van der Waals surface area contributed by atoms with E-state index in [2.05, 4.69) is 44.7 Å². The number of methoxy groups -OCH3 is 1. The second-order valence-corrected chi connectivity index (χ2v) is 7.09. The average Bonchev–Trinajstić information content (AvgIpc) is 3.32. The number of guanidine groups is 1. The highest BCUT2D eigenvalue weighted by atomic mass is 16.5. The highest BCUT2D eigenvalue weighted by Crippen LogP contribution is 2.27. The second-order valence-electron chi connectivity index (χ2n) is 7.09. The standard InChI is InChI=1S/C22H26N6O/c1-16-25-26-21(27(16)2)15-24-22(23-14-17-8-10-19(29-3)11-9-17)28-13-12-18-6-4-5-7-20(18)28/h4-11H,12-15H2,1-3H3,(H,23,24). The summed E-state index contributed by atoms with van der Waals surface area (Å²) in [6, 6.07) is 16.5. The van der Waals surface area contributed by atoms with E-state index in [-0.39, 0.29) is 0 Å². The number of fused-ring (bicyclic) bond motifs is 1. The number of para-hydroxylation sites is 1. The molecule has 150 valence electrons. The fourth-order valence-corrected chi connectivity index (χ4v) is 3.46. The van der Waals surface area contributed by atoms with E-state index in [4.69, 9.17) is 9.73 Å². The lowest BCUT2D eigenvalue weighted by atomic mass is 10.2. The number of hydrogen-bond acceptors (Lipinski definition) is 4. The lowest BCUT2D eigenvalue weighted by Gasteiger charge is -2.22. The van der Waals surface area contributed by atoms with Crippen molar-refractivity contribution in [2.24, 2.45) is 12.0 Å². The fraction of sp³-hybridized carbons (Fsp3) is 0.318. The topological polar surface area (TPSA) is 67.6 Å². The van der Waals surface area contributed by atoms with Crippen molar-refractivity contribution in [1.29, 1.82) is 0 Å². The van der Waals surface area contributed by atoms with Gasteiger partial charge in [-0.15, -0.1) is 10.2 Å². The van der Waals surface area contributed by atoms with Gasteiger partial charge in [0.05, 0.1) is 20.2 Å². The first-order chi connectivity index (χ1) is 14.2. The molecule has 1 aromatic heterocycles. The summed E-state index contributed by atoms with van der Waals surface area (Å²) in [5.74, 6) is 3.48. The van der Waals surface area contributed by atoms with Crippen LogP contribution in [0.25, 0.3) is 0 Å². The Hall–Kier alpha value is -3.35. The highest BCUT2D eigenvalue weighted by molar-refractivity contribution is 5.97. The average molecular weight is 390 g/mol. The van der Waals surface area contributed by atoms with Gasteiger partial charge in [-0.25, -0.2) is 4.99 Å². The number of rotatable bonds is 5. The monoisotopic (exact) mass is 390 g/mol. The molecule has 0 fully saturated rings. The molecule has 7 nitrogen and oxygen atoms in total. The molecule has 0 atom stereocenters. The Morgan fingerprint density at radius 1 is 1.14 bits per heavy atom. The molecule has 1 N–H and O–H groups in total. The molecular formula is C22H26N6O. The lowest BCUT2D eigenvalue weighted by molar-refractivity contribution is 0.414. The Labute approximate surface area is 171 Å². The molecule has 0 saturated carbocycles. The maximum absolute atomic E-state index is 5.24. The molecule has 0 unspecified atom stereocenters. The van der Waals surface area contributed by atoms with Crippen molar-refractivity contribution in [2.75, 3.05) is 18.6 Å². The van der Waals surface area contributed by atoms with E-state index in [1.165, 1.54) is 11.3 Å². The van der Waals surface area contributed by atoms with Crippen LogP contribution in [0.2, 0.25) is 0 Å². The Morgan fingerprint density at radius 2 is 1.93 bits per heavy atom. The summed E-state index contributed by atoms with van der Waals surface area (Å²) in [4.78, 5) is 7.17. The summed E-state index contributed by atoms with van der Waals surface area (Å²) in [5.41, 5.74) is 3.69. The molecule has 29 heavy (non-hydrogen) atoms. The quantitative estimate of drug-likeness (QED) is 0.536. The fourth-order valence-electron chi connectivity index (χ4n) is 3.46. The van der Waals surface area contributed by atoms with Crippen molar-refractivity contribution in [2.45, 2.75) is 26.4 Å². The van der Waals surface area contributed by atoms with Crippen molar-refractivity contribution in [1.82, 2.24) is 20.1 Å². The number of aliphatic imine (C=N–C) groups is 1. The third-order valence-corrected chi connectivity index (χ3v) is 5.30. The van der Waals surface area contributed by atoms with Gasteiger partial charge in [-0.05, 0) is 42.7 Å². The Kier molecular flexibility index (Phi) is 5.46. The molecular weight excluding hydrogens is 364 g/mol. The Balaban J connectivity index is 1.57. The van der Waals surface area contributed by atoms with Crippen LogP contribution in [-0.2, 0) is 26.6 Å². The number of nitrogens with zero attached hydrogens (tertiary/aromatic N) is 5. The van der Waals surface area contributed by atoms with Gasteiger partial charge < -0.3 is 19.5 Å². The van der Waals surface area contributed by atoms with Gasteiger partial charge in [-0.2, -0.15) is 0 Å². The van der Waals surface area contributed by atoms with Crippen LogP contribution >= 0.6 is 0 Å². The van der Waals surface area contributed by atoms with Gasteiger partial charge in [0.25, 0.3) is 0 Å². The van der Waals surface area contributed by atoms with Gasteiger partial charge in [-0.1, -0.05) is 30.3 Å². The number of anilines is 1. The summed E-state index contributed by atoms with van der Waals surface area (Å²) >= 11 is 0. The van der Waals surface area contributed by atoms with Crippen molar-refractivity contribution >= 4 is 11.6 Å². The zero-order chi connectivity index (χ0) is 20.2. The van der Waals surface area contributed by atoms with E-state index >= 15 is 0 Å². The minimum atomic E-state index is 0.567. The molecule has 4 rings (SSSR count). The molecule has 0 radical (unpaired) electrons. The largest absolute Gasteiger partial charge is 0.497 e. The third-order valence-electron chi connectivity index (χ3n) is 5.30. The third kappa shape index (κ3) is 4.08. The summed E-state index contributed by atoms with van der Waals surface area (Å²) in [6.07, 6.45) is 1.02. The summed E-state index contributed by atoms with van der Waals surface area (Å²) in [6.45, 7) is 4.01. The first-order valence-corrected chi connectivity index (χ1v) is 9.77. The molecule has 7 heteroatoms. The van der Waals surface area contributed by atoms with Gasteiger partial charge in [0, 0.05) is 19.3 Å². The Morgan fingerprint density at radius 3 is 2.66 bits per heavy atom. The zero-order valence-corrected chi connectivity index (χ0v) is 17.1. The van der Waals surface area contributed by atoms with E-state index in [9.17, 15) is 0 Å². The Bertz CT molecular complexity index is 1010. The molecule has 0 spiro atoms. The van der Waals surface area contributed by atoms with Crippen LogP contribution in [0.3, 0.4) is 0 Å². The maximum Gasteiger partial charge on any atom is 0.199 e. The van der Waals surface area contributed by atoms with Crippen LogP contribution in [0.1, 0.15) is 22.8 Å². The van der Waals surface area contributed by atoms with E-state index in [0.29, 0.717) is 13.1 Å². The molecule has 1 aliphatic rings. The molecule has 3 aromatic rings. The smallest absolute Gasteiger partial charge is 0.199 e. The van der Waals surface area contributed by atoms with Gasteiger partial charge in [-0.3, -0.25) is 0 Å². The number of aryl methyl sites for hydroxylation is 1. The van der Waals surface area contributed by atoms with Crippen LogP contribution in [0.5, 0.6) is 5.75 Å². The minimum absolute atomic E-state index is 0.567. The first-order valence-electron chi connectivity index (χ1n) is 9.77.